The molecule has 4 heteroatoms. The second-order valence-electron chi connectivity index (χ2n) is 6.13. The first-order valence-electron chi connectivity index (χ1n) is 7.69. The zero-order valence-electron chi connectivity index (χ0n) is 12.4. The molecule has 0 spiro atoms. The first kappa shape index (κ1) is 14.5. The lowest BCUT2D eigenvalue weighted by atomic mass is 9.76. The average Bonchev–Trinajstić information content (AvgIpc) is 3.04. The van der Waals surface area contributed by atoms with Crippen LogP contribution in [0.2, 0.25) is 0 Å². The molecule has 0 bridgehead atoms. The topological polar surface area (TPSA) is 49.3 Å². The Morgan fingerprint density at radius 3 is 2.70 bits per heavy atom. The minimum absolute atomic E-state index is 0.242. The molecule has 1 aliphatic heterocycles. The predicted molar refractivity (Wildman–Crippen MR) is 93.9 cm³/mol. The van der Waals surface area contributed by atoms with Crippen LogP contribution < -0.4 is 5.32 Å². The number of carboxylic acid groups (broad SMARTS) is 1. The number of hydrogen-bond donors (Lipinski definition) is 2. The Bertz CT molecular complexity index is 798. The highest BCUT2D eigenvalue weighted by atomic mass is 79.9. The van der Waals surface area contributed by atoms with E-state index < -0.39 is 5.97 Å². The van der Waals surface area contributed by atoms with Crippen molar-refractivity contribution < 1.29 is 9.90 Å². The van der Waals surface area contributed by atoms with Gasteiger partial charge in [0.2, 0.25) is 0 Å². The molecule has 1 aliphatic carbocycles. The maximum Gasteiger partial charge on any atom is 0.335 e. The number of anilines is 1. The van der Waals surface area contributed by atoms with Gasteiger partial charge in [0.15, 0.2) is 0 Å². The van der Waals surface area contributed by atoms with Crippen LogP contribution >= 0.6 is 15.9 Å². The lowest BCUT2D eigenvalue weighted by Gasteiger charge is -2.37. The van der Waals surface area contributed by atoms with Crippen molar-refractivity contribution in [1.29, 1.82) is 0 Å². The lowest BCUT2D eigenvalue weighted by Crippen LogP contribution is -2.29. The first-order valence-corrected chi connectivity index (χ1v) is 8.48. The number of carboxylic acids is 1. The van der Waals surface area contributed by atoms with Gasteiger partial charge in [-0.2, -0.15) is 0 Å². The van der Waals surface area contributed by atoms with Crippen LogP contribution in [0, 0.1) is 5.92 Å². The minimum Gasteiger partial charge on any atom is -0.478 e. The molecule has 3 nitrogen and oxygen atoms in total. The molecule has 0 saturated carbocycles. The van der Waals surface area contributed by atoms with Gasteiger partial charge in [0.1, 0.15) is 0 Å². The normalized spacial score (nSPS) is 24.7. The van der Waals surface area contributed by atoms with Crippen LogP contribution in [0.15, 0.2) is 59.1 Å². The van der Waals surface area contributed by atoms with E-state index in [1.54, 1.807) is 6.07 Å². The summed E-state index contributed by atoms with van der Waals surface area (Å²) in [6.45, 7) is 0. The molecule has 2 aromatic rings. The van der Waals surface area contributed by atoms with E-state index in [1.165, 1.54) is 5.56 Å². The number of allylic oxidation sites excluding steroid dienone is 2. The van der Waals surface area contributed by atoms with E-state index in [2.05, 4.69) is 57.7 Å². The number of carbonyl (C=O) groups is 1. The molecular weight excluding hydrogens is 354 g/mol. The fraction of sp³-hybridized carbons (Fsp3) is 0.211. The standard InChI is InChI=1S/C19H16BrNO2/c20-13-7-4-11(5-8-13)18-15-3-1-2-14(15)16-10-12(19(22)23)6-9-17(16)21-18/h1-2,4-10,14-15,18,21H,3H2,(H,22,23)/t14-,15-,18-/m0/s1. The molecule has 0 aromatic heterocycles. The van der Waals surface area contributed by atoms with Crippen LogP contribution in [0.5, 0.6) is 0 Å². The van der Waals surface area contributed by atoms with Gasteiger partial charge in [-0.05, 0) is 53.8 Å². The van der Waals surface area contributed by atoms with Gasteiger partial charge in [0.25, 0.3) is 0 Å². The Hall–Kier alpha value is -2.07. The molecule has 3 atom stereocenters. The van der Waals surface area contributed by atoms with Gasteiger partial charge < -0.3 is 10.4 Å². The summed E-state index contributed by atoms with van der Waals surface area (Å²) in [4.78, 5) is 11.3. The zero-order chi connectivity index (χ0) is 16.0. The summed E-state index contributed by atoms with van der Waals surface area (Å²) < 4.78 is 1.07. The first-order chi connectivity index (χ1) is 11.1. The third kappa shape index (κ3) is 2.47. The SMILES string of the molecule is O=C(O)c1ccc2c(c1)[C@H]1C=CC[C@@H]1[C@H](c1ccc(Br)cc1)N2. The van der Waals surface area contributed by atoms with Crippen LogP contribution in [0.4, 0.5) is 5.69 Å². The molecule has 0 fully saturated rings. The quantitative estimate of drug-likeness (QED) is 0.734. The molecule has 2 N–H and O–H groups in total. The van der Waals surface area contributed by atoms with E-state index in [9.17, 15) is 9.90 Å². The summed E-state index contributed by atoms with van der Waals surface area (Å²) >= 11 is 3.48. The van der Waals surface area contributed by atoms with Crippen molar-refractivity contribution >= 4 is 27.6 Å². The number of rotatable bonds is 2. The largest absolute Gasteiger partial charge is 0.478 e. The van der Waals surface area contributed by atoms with E-state index in [-0.39, 0.29) is 12.0 Å². The van der Waals surface area contributed by atoms with Crippen molar-refractivity contribution in [3.63, 3.8) is 0 Å². The number of nitrogens with one attached hydrogen (secondary N) is 1. The van der Waals surface area contributed by atoms with E-state index in [4.69, 9.17) is 0 Å². The van der Waals surface area contributed by atoms with Crippen LogP contribution in [0.25, 0.3) is 0 Å². The van der Waals surface area contributed by atoms with Crippen LogP contribution in [-0.2, 0) is 0 Å². The van der Waals surface area contributed by atoms with Gasteiger partial charge in [-0.1, -0.05) is 40.2 Å². The number of halogens is 1. The molecule has 0 amide bonds. The van der Waals surface area contributed by atoms with Gasteiger partial charge in [0, 0.05) is 16.1 Å². The van der Waals surface area contributed by atoms with Crippen LogP contribution in [0.1, 0.15) is 39.9 Å². The van der Waals surface area contributed by atoms with E-state index >= 15 is 0 Å². The third-order valence-electron chi connectivity index (χ3n) is 4.84. The highest BCUT2D eigenvalue weighted by molar-refractivity contribution is 9.10. The van der Waals surface area contributed by atoms with Crippen molar-refractivity contribution in [2.75, 3.05) is 5.32 Å². The number of fused-ring (bicyclic) bond motifs is 3. The van der Waals surface area contributed by atoms with Gasteiger partial charge >= 0.3 is 5.97 Å². The Kier molecular flexibility index (Phi) is 3.49. The third-order valence-corrected chi connectivity index (χ3v) is 5.37. The summed E-state index contributed by atoms with van der Waals surface area (Å²) in [5, 5.41) is 12.9. The van der Waals surface area contributed by atoms with Gasteiger partial charge in [-0.25, -0.2) is 4.79 Å². The van der Waals surface area contributed by atoms with Gasteiger partial charge in [0.05, 0.1) is 11.6 Å². The Morgan fingerprint density at radius 1 is 1.17 bits per heavy atom. The maximum atomic E-state index is 11.3. The fourth-order valence-corrected chi connectivity index (χ4v) is 3.99. The predicted octanol–water partition coefficient (Wildman–Crippen LogP) is 4.97. The molecule has 23 heavy (non-hydrogen) atoms. The summed E-state index contributed by atoms with van der Waals surface area (Å²) in [7, 11) is 0. The summed E-state index contributed by atoms with van der Waals surface area (Å²) in [5.74, 6) is -0.173. The average molecular weight is 370 g/mol. The Morgan fingerprint density at radius 2 is 1.96 bits per heavy atom. The van der Waals surface area contributed by atoms with Gasteiger partial charge in [-0.3, -0.25) is 0 Å². The van der Waals surface area contributed by atoms with E-state index in [0.29, 0.717) is 11.5 Å². The van der Waals surface area contributed by atoms with Crippen molar-refractivity contribution in [2.24, 2.45) is 5.92 Å². The number of hydrogen-bond acceptors (Lipinski definition) is 2. The summed E-state index contributed by atoms with van der Waals surface area (Å²) in [6.07, 6.45) is 5.45. The Labute approximate surface area is 143 Å². The molecule has 1 heterocycles. The summed E-state index contributed by atoms with van der Waals surface area (Å²) in [6, 6.07) is 14.1. The van der Waals surface area contributed by atoms with Crippen LogP contribution in [-0.4, -0.2) is 11.1 Å². The van der Waals surface area contributed by atoms with Crippen molar-refractivity contribution in [1.82, 2.24) is 0 Å². The minimum atomic E-state index is -0.874. The highest BCUT2D eigenvalue weighted by Crippen LogP contribution is 2.49. The molecule has 0 radical (unpaired) electrons. The second kappa shape index (κ2) is 5.53. The van der Waals surface area contributed by atoms with E-state index in [0.717, 1.165) is 22.1 Å². The van der Waals surface area contributed by atoms with Crippen LogP contribution in [0.3, 0.4) is 0 Å². The molecule has 116 valence electrons. The lowest BCUT2D eigenvalue weighted by molar-refractivity contribution is 0.0696. The molecule has 0 unspecified atom stereocenters. The maximum absolute atomic E-state index is 11.3. The zero-order valence-corrected chi connectivity index (χ0v) is 14.0. The molecule has 4 rings (SSSR count). The monoisotopic (exact) mass is 369 g/mol. The Balaban J connectivity index is 1.77. The van der Waals surface area contributed by atoms with Crippen molar-refractivity contribution in [2.45, 2.75) is 18.4 Å². The molecule has 2 aliphatic rings. The number of aromatic carboxylic acids is 1. The van der Waals surface area contributed by atoms with Crippen molar-refractivity contribution in [3.05, 3.63) is 75.8 Å². The molecular formula is C19H16BrNO2. The van der Waals surface area contributed by atoms with Crippen molar-refractivity contribution in [3.8, 4) is 0 Å². The molecule has 0 saturated heterocycles. The summed E-state index contributed by atoms with van der Waals surface area (Å²) in [5.41, 5.74) is 3.75. The molecule has 2 aromatic carbocycles. The van der Waals surface area contributed by atoms with E-state index in [1.807, 2.05) is 12.1 Å². The number of benzene rings is 2. The smallest absolute Gasteiger partial charge is 0.335 e. The fourth-order valence-electron chi connectivity index (χ4n) is 3.73. The van der Waals surface area contributed by atoms with Gasteiger partial charge in [-0.15, -0.1) is 0 Å². The second-order valence-corrected chi connectivity index (χ2v) is 7.05. The highest BCUT2D eigenvalue weighted by Gasteiger charge is 2.38.